The molecule has 1 fully saturated rings. The summed E-state index contributed by atoms with van der Waals surface area (Å²) in [6.07, 6.45) is 4.48. The molecule has 0 saturated heterocycles. The molecule has 0 unspecified atom stereocenters. The summed E-state index contributed by atoms with van der Waals surface area (Å²) in [4.78, 5) is 23.1. The quantitative estimate of drug-likeness (QED) is 0.841. The van der Waals surface area contributed by atoms with Crippen LogP contribution in [-0.2, 0) is 9.59 Å². The number of hydrogen-bond donors (Lipinski definition) is 2. The van der Waals surface area contributed by atoms with Crippen LogP contribution in [0.15, 0.2) is 24.3 Å². The maximum atomic E-state index is 11.6. The first kappa shape index (κ1) is 13.9. The summed E-state index contributed by atoms with van der Waals surface area (Å²) in [6, 6.07) is 7.23. The van der Waals surface area contributed by atoms with Gasteiger partial charge < -0.3 is 10.6 Å². The Balaban J connectivity index is 1.83. The van der Waals surface area contributed by atoms with Gasteiger partial charge in [-0.05, 0) is 43.4 Å². The zero-order valence-electron chi connectivity index (χ0n) is 10.9. The van der Waals surface area contributed by atoms with Crippen LogP contribution in [0, 0.1) is 5.92 Å². The minimum absolute atomic E-state index is 0.0177. The lowest BCUT2D eigenvalue weighted by molar-refractivity contribution is -0.117. The number of anilines is 2. The first-order chi connectivity index (χ1) is 9.19. The van der Waals surface area contributed by atoms with Crippen LogP contribution in [-0.4, -0.2) is 23.8 Å². The molecule has 1 aliphatic rings. The molecule has 0 heterocycles. The highest BCUT2D eigenvalue weighted by Crippen LogP contribution is 2.30. The number of carbonyl (C=O) groups excluding carboxylic acids is 2. The van der Waals surface area contributed by atoms with Gasteiger partial charge in [0.15, 0.2) is 0 Å². The topological polar surface area (TPSA) is 58.2 Å². The molecule has 19 heavy (non-hydrogen) atoms. The summed E-state index contributed by atoms with van der Waals surface area (Å²) in [5.74, 6) is 1.13. The monoisotopic (exact) mass is 278 g/mol. The predicted molar refractivity (Wildman–Crippen MR) is 79.4 cm³/mol. The molecule has 0 atom stereocenters. The van der Waals surface area contributed by atoms with Crippen molar-refractivity contribution in [2.45, 2.75) is 19.3 Å². The Bertz CT molecular complexity index is 455. The Kier molecular flexibility index (Phi) is 4.85. The van der Waals surface area contributed by atoms with Gasteiger partial charge in [0.25, 0.3) is 0 Å². The molecular weight excluding hydrogens is 260 g/mol. The SMILES string of the molecule is CSCCC(=O)Nc1ccc(NC(=O)C2CC2)cc1. The van der Waals surface area contributed by atoms with E-state index in [9.17, 15) is 9.59 Å². The van der Waals surface area contributed by atoms with Crippen molar-refractivity contribution in [1.29, 1.82) is 0 Å². The highest BCUT2D eigenvalue weighted by atomic mass is 32.2. The molecule has 0 spiro atoms. The molecule has 2 N–H and O–H groups in total. The molecule has 0 bridgehead atoms. The molecule has 2 amide bonds. The third-order valence-corrected chi connectivity index (χ3v) is 3.53. The van der Waals surface area contributed by atoms with E-state index in [0.717, 1.165) is 30.0 Å². The Morgan fingerprint density at radius 1 is 1.16 bits per heavy atom. The number of hydrogen-bond acceptors (Lipinski definition) is 3. The fraction of sp³-hybridized carbons (Fsp3) is 0.429. The lowest BCUT2D eigenvalue weighted by Gasteiger charge is -2.07. The molecular formula is C14H18N2O2S. The van der Waals surface area contributed by atoms with Gasteiger partial charge in [-0.15, -0.1) is 0 Å². The lowest BCUT2D eigenvalue weighted by atomic mass is 10.2. The second-order valence-electron chi connectivity index (χ2n) is 4.63. The number of benzene rings is 1. The highest BCUT2D eigenvalue weighted by Gasteiger charge is 2.29. The Labute approximate surface area is 117 Å². The van der Waals surface area contributed by atoms with Gasteiger partial charge >= 0.3 is 0 Å². The molecule has 1 saturated carbocycles. The Morgan fingerprint density at radius 3 is 2.26 bits per heavy atom. The average molecular weight is 278 g/mol. The van der Waals surface area contributed by atoms with E-state index in [4.69, 9.17) is 0 Å². The average Bonchev–Trinajstić information content (AvgIpc) is 3.23. The minimum Gasteiger partial charge on any atom is -0.326 e. The van der Waals surface area contributed by atoms with Gasteiger partial charge in [-0.2, -0.15) is 11.8 Å². The van der Waals surface area contributed by atoms with E-state index >= 15 is 0 Å². The van der Waals surface area contributed by atoms with E-state index in [0.29, 0.717) is 6.42 Å². The van der Waals surface area contributed by atoms with E-state index in [2.05, 4.69) is 10.6 Å². The normalized spacial score (nSPS) is 13.9. The van der Waals surface area contributed by atoms with Crippen molar-refractivity contribution < 1.29 is 9.59 Å². The molecule has 4 nitrogen and oxygen atoms in total. The van der Waals surface area contributed by atoms with Crippen LogP contribution in [0.2, 0.25) is 0 Å². The van der Waals surface area contributed by atoms with E-state index in [1.807, 2.05) is 18.4 Å². The van der Waals surface area contributed by atoms with Crippen LogP contribution in [0.3, 0.4) is 0 Å². The minimum atomic E-state index is 0.0177. The zero-order chi connectivity index (χ0) is 13.7. The maximum absolute atomic E-state index is 11.6. The summed E-state index contributed by atoms with van der Waals surface area (Å²) >= 11 is 1.65. The molecule has 0 aromatic heterocycles. The number of thioether (sulfide) groups is 1. The molecule has 1 aliphatic carbocycles. The molecule has 1 aromatic carbocycles. The molecule has 2 rings (SSSR count). The molecule has 5 heteroatoms. The summed E-state index contributed by atoms with van der Waals surface area (Å²) < 4.78 is 0. The number of amides is 2. The summed E-state index contributed by atoms with van der Waals surface area (Å²) in [5, 5.41) is 5.69. The van der Waals surface area contributed by atoms with Crippen LogP contribution in [0.5, 0.6) is 0 Å². The Morgan fingerprint density at radius 2 is 1.74 bits per heavy atom. The van der Waals surface area contributed by atoms with Gasteiger partial charge in [-0.25, -0.2) is 0 Å². The van der Waals surface area contributed by atoms with Gasteiger partial charge in [0, 0.05) is 29.5 Å². The molecule has 0 aliphatic heterocycles. The van der Waals surface area contributed by atoms with Crippen molar-refractivity contribution >= 4 is 35.0 Å². The maximum Gasteiger partial charge on any atom is 0.227 e. The van der Waals surface area contributed by atoms with Crippen LogP contribution < -0.4 is 10.6 Å². The summed E-state index contributed by atoms with van der Waals surface area (Å²) in [6.45, 7) is 0. The smallest absolute Gasteiger partial charge is 0.227 e. The van der Waals surface area contributed by atoms with E-state index < -0.39 is 0 Å². The summed E-state index contributed by atoms with van der Waals surface area (Å²) in [5.41, 5.74) is 1.54. The van der Waals surface area contributed by atoms with Crippen molar-refractivity contribution in [1.82, 2.24) is 0 Å². The standard InChI is InChI=1S/C14H18N2O2S/c1-19-9-8-13(17)15-11-4-6-12(7-5-11)16-14(18)10-2-3-10/h4-7,10H,2-3,8-9H2,1H3,(H,15,17)(H,16,18). The molecule has 102 valence electrons. The second kappa shape index (κ2) is 6.61. The molecule has 0 radical (unpaired) electrons. The van der Waals surface area contributed by atoms with Crippen molar-refractivity contribution in [3.63, 3.8) is 0 Å². The third kappa shape index (κ3) is 4.59. The van der Waals surface area contributed by atoms with E-state index in [1.54, 1.807) is 23.9 Å². The highest BCUT2D eigenvalue weighted by molar-refractivity contribution is 7.98. The third-order valence-electron chi connectivity index (χ3n) is 2.92. The van der Waals surface area contributed by atoms with Crippen LogP contribution in [0.25, 0.3) is 0 Å². The second-order valence-corrected chi connectivity index (χ2v) is 5.62. The number of carbonyl (C=O) groups is 2. The van der Waals surface area contributed by atoms with E-state index in [-0.39, 0.29) is 17.7 Å². The predicted octanol–water partition coefficient (Wildman–Crippen LogP) is 2.73. The van der Waals surface area contributed by atoms with Crippen LogP contribution in [0.4, 0.5) is 11.4 Å². The number of nitrogens with one attached hydrogen (secondary N) is 2. The zero-order valence-corrected chi connectivity index (χ0v) is 11.8. The van der Waals surface area contributed by atoms with Gasteiger partial charge in [-0.1, -0.05) is 0 Å². The van der Waals surface area contributed by atoms with Crippen LogP contribution >= 0.6 is 11.8 Å². The summed E-state index contributed by atoms with van der Waals surface area (Å²) in [7, 11) is 0. The lowest BCUT2D eigenvalue weighted by Crippen LogP contribution is -2.14. The fourth-order valence-electron chi connectivity index (χ4n) is 1.64. The largest absolute Gasteiger partial charge is 0.326 e. The first-order valence-electron chi connectivity index (χ1n) is 6.39. The van der Waals surface area contributed by atoms with Crippen LogP contribution in [0.1, 0.15) is 19.3 Å². The molecule has 1 aromatic rings. The number of rotatable bonds is 6. The van der Waals surface area contributed by atoms with Gasteiger partial charge in [0.1, 0.15) is 0 Å². The fourth-order valence-corrected chi connectivity index (χ4v) is 2.03. The van der Waals surface area contributed by atoms with Gasteiger partial charge in [-0.3, -0.25) is 9.59 Å². The van der Waals surface area contributed by atoms with Crippen molar-refractivity contribution in [3.05, 3.63) is 24.3 Å². The van der Waals surface area contributed by atoms with Gasteiger partial charge in [0.05, 0.1) is 0 Å². The Hall–Kier alpha value is -1.49. The van der Waals surface area contributed by atoms with Crippen molar-refractivity contribution in [3.8, 4) is 0 Å². The first-order valence-corrected chi connectivity index (χ1v) is 7.78. The van der Waals surface area contributed by atoms with Gasteiger partial charge in [0.2, 0.25) is 11.8 Å². The van der Waals surface area contributed by atoms with E-state index in [1.165, 1.54) is 0 Å². The van der Waals surface area contributed by atoms with Crippen molar-refractivity contribution in [2.24, 2.45) is 5.92 Å². The van der Waals surface area contributed by atoms with Crippen molar-refractivity contribution in [2.75, 3.05) is 22.6 Å².